The van der Waals surface area contributed by atoms with Gasteiger partial charge in [0.15, 0.2) is 6.29 Å². The second-order valence-electron chi connectivity index (χ2n) is 2.44. The van der Waals surface area contributed by atoms with Crippen LogP contribution in [0.15, 0.2) is 10.7 Å². The molecule has 0 unspecified atom stereocenters. The van der Waals surface area contributed by atoms with Gasteiger partial charge in [-0.25, -0.2) is 8.78 Å². The zero-order chi connectivity index (χ0) is 10.7. The lowest BCUT2D eigenvalue weighted by Crippen LogP contribution is -2.00. The van der Waals surface area contributed by atoms with Crippen LogP contribution in [0.4, 0.5) is 8.78 Å². The third-order valence-electron chi connectivity index (χ3n) is 1.64. The monoisotopic (exact) mass is 327 g/mol. The zero-order valence-electron chi connectivity index (χ0n) is 6.81. The van der Waals surface area contributed by atoms with Crippen molar-refractivity contribution in [1.82, 2.24) is 4.98 Å². The van der Waals surface area contributed by atoms with Crippen LogP contribution in [-0.2, 0) is 5.33 Å². The molecule has 0 aliphatic carbocycles. The van der Waals surface area contributed by atoms with Crippen LogP contribution < -0.4 is 0 Å². The summed E-state index contributed by atoms with van der Waals surface area (Å²) in [6, 6.07) is 0. The quantitative estimate of drug-likeness (QED) is 0.628. The lowest BCUT2D eigenvalue weighted by Gasteiger charge is -2.07. The average molecular weight is 329 g/mol. The zero-order valence-corrected chi connectivity index (χ0v) is 9.98. The molecule has 0 aliphatic heterocycles. The van der Waals surface area contributed by atoms with Crippen molar-refractivity contribution < 1.29 is 13.6 Å². The number of nitrogens with zero attached hydrogens (tertiary/aromatic N) is 1. The molecule has 76 valence electrons. The van der Waals surface area contributed by atoms with Gasteiger partial charge in [0.25, 0.3) is 6.43 Å². The Hall–Kier alpha value is -0.360. The number of hydrogen-bond acceptors (Lipinski definition) is 2. The number of aldehydes is 1. The minimum Gasteiger partial charge on any atom is -0.298 e. The maximum absolute atomic E-state index is 12.4. The molecular formula is C8H5Br2F2NO. The topological polar surface area (TPSA) is 30.0 Å². The van der Waals surface area contributed by atoms with E-state index in [2.05, 4.69) is 36.8 Å². The Labute approximate surface area is 96.0 Å². The van der Waals surface area contributed by atoms with Crippen molar-refractivity contribution in [1.29, 1.82) is 0 Å². The fourth-order valence-electron chi connectivity index (χ4n) is 0.943. The van der Waals surface area contributed by atoms with Gasteiger partial charge < -0.3 is 0 Å². The van der Waals surface area contributed by atoms with E-state index in [9.17, 15) is 13.6 Å². The fraction of sp³-hybridized carbons (Fsp3) is 0.250. The molecule has 0 bridgehead atoms. The smallest absolute Gasteiger partial charge is 0.266 e. The van der Waals surface area contributed by atoms with E-state index < -0.39 is 6.43 Å². The van der Waals surface area contributed by atoms with Gasteiger partial charge in [-0.2, -0.15) is 0 Å². The average Bonchev–Trinajstić information content (AvgIpc) is 2.17. The van der Waals surface area contributed by atoms with Crippen molar-refractivity contribution in [3.05, 3.63) is 27.5 Å². The van der Waals surface area contributed by atoms with Gasteiger partial charge in [-0.05, 0) is 15.9 Å². The van der Waals surface area contributed by atoms with E-state index in [1.165, 1.54) is 0 Å². The van der Waals surface area contributed by atoms with E-state index in [4.69, 9.17) is 0 Å². The normalized spacial score (nSPS) is 10.6. The van der Waals surface area contributed by atoms with Gasteiger partial charge >= 0.3 is 0 Å². The summed E-state index contributed by atoms with van der Waals surface area (Å²) in [4.78, 5) is 14.4. The number of aromatic nitrogens is 1. The first-order chi connectivity index (χ1) is 6.61. The number of hydrogen-bond donors (Lipinski definition) is 0. The first kappa shape index (κ1) is 11.7. The summed E-state index contributed by atoms with van der Waals surface area (Å²) in [5.41, 5.74) is 0.137. The Bertz CT molecular complexity index is 357. The van der Waals surface area contributed by atoms with E-state index in [1.807, 2.05) is 0 Å². The van der Waals surface area contributed by atoms with Crippen LogP contribution in [0.3, 0.4) is 0 Å². The van der Waals surface area contributed by atoms with Crippen molar-refractivity contribution in [2.24, 2.45) is 0 Å². The molecule has 0 spiro atoms. The maximum atomic E-state index is 12.4. The number of alkyl halides is 3. The van der Waals surface area contributed by atoms with E-state index >= 15 is 0 Å². The maximum Gasteiger partial charge on any atom is 0.266 e. The Morgan fingerprint density at radius 2 is 2.21 bits per heavy atom. The highest BCUT2D eigenvalue weighted by Gasteiger charge is 2.17. The summed E-state index contributed by atoms with van der Waals surface area (Å²) < 4.78 is 25.1. The predicted molar refractivity (Wildman–Crippen MR) is 54.9 cm³/mol. The lowest BCUT2D eigenvalue weighted by atomic mass is 10.1. The molecular weight excluding hydrogens is 324 g/mol. The molecule has 0 atom stereocenters. The van der Waals surface area contributed by atoms with E-state index in [0.29, 0.717) is 21.8 Å². The van der Waals surface area contributed by atoms with E-state index in [1.54, 1.807) is 0 Å². The summed E-state index contributed by atoms with van der Waals surface area (Å²) in [5, 5.41) is 0.401. The molecule has 0 aromatic carbocycles. The van der Waals surface area contributed by atoms with Crippen LogP contribution in [0.1, 0.15) is 28.0 Å². The third kappa shape index (κ3) is 2.17. The van der Waals surface area contributed by atoms with Crippen LogP contribution >= 0.6 is 31.9 Å². The van der Waals surface area contributed by atoms with Gasteiger partial charge in [0, 0.05) is 22.7 Å². The first-order valence-electron chi connectivity index (χ1n) is 3.58. The van der Waals surface area contributed by atoms with E-state index in [0.717, 1.165) is 6.20 Å². The molecule has 0 saturated carbocycles. The number of carbonyl (C=O) groups excluding carboxylic acids is 1. The second kappa shape index (κ2) is 4.93. The van der Waals surface area contributed by atoms with Gasteiger partial charge in [-0.3, -0.25) is 9.78 Å². The number of halogens is 4. The van der Waals surface area contributed by atoms with E-state index in [-0.39, 0.29) is 11.1 Å². The molecule has 1 heterocycles. The van der Waals surface area contributed by atoms with Crippen LogP contribution in [0.2, 0.25) is 0 Å². The molecule has 1 aromatic heterocycles. The van der Waals surface area contributed by atoms with Crippen molar-refractivity contribution >= 4 is 38.1 Å². The highest BCUT2D eigenvalue weighted by Crippen LogP contribution is 2.29. The second-order valence-corrected chi connectivity index (χ2v) is 3.79. The van der Waals surface area contributed by atoms with Crippen LogP contribution in [0, 0.1) is 0 Å². The number of rotatable bonds is 3. The van der Waals surface area contributed by atoms with Crippen molar-refractivity contribution in [3.8, 4) is 0 Å². The number of pyridine rings is 1. The van der Waals surface area contributed by atoms with Crippen molar-refractivity contribution in [2.75, 3.05) is 0 Å². The molecule has 1 rings (SSSR count). The highest BCUT2D eigenvalue weighted by atomic mass is 79.9. The molecule has 14 heavy (non-hydrogen) atoms. The minimum absolute atomic E-state index is 0.0375. The molecule has 0 saturated heterocycles. The van der Waals surface area contributed by atoms with Crippen LogP contribution in [-0.4, -0.2) is 11.3 Å². The van der Waals surface area contributed by atoms with Crippen LogP contribution in [0.25, 0.3) is 0 Å². The molecule has 2 nitrogen and oxygen atoms in total. The summed E-state index contributed by atoms with van der Waals surface area (Å²) in [5.74, 6) is 0. The first-order valence-corrected chi connectivity index (χ1v) is 5.49. The summed E-state index contributed by atoms with van der Waals surface area (Å²) in [6.45, 7) is 0. The van der Waals surface area contributed by atoms with Gasteiger partial charge in [0.05, 0.1) is 10.2 Å². The standard InChI is InChI=1S/C8H5Br2F2NO/c9-1-6-7(10)5(3-14)4(2-13-6)8(11)12/h2-3,8H,1H2. The van der Waals surface area contributed by atoms with Crippen molar-refractivity contribution in [2.45, 2.75) is 11.8 Å². The Kier molecular flexibility index (Phi) is 4.12. The lowest BCUT2D eigenvalue weighted by molar-refractivity contribution is 0.110. The largest absolute Gasteiger partial charge is 0.298 e. The molecule has 0 N–H and O–H groups in total. The van der Waals surface area contributed by atoms with Gasteiger partial charge in [0.1, 0.15) is 0 Å². The molecule has 0 fully saturated rings. The molecule has 0 aliphatic rings. The molecule has 0 amide bonds. The predicted octanol–water partition coefficient (Wildman–Crippen LogP) is 3.49. The van der Waals surface area contributed by atoms with Crippen molar-refractivity contribution in [3.63, 3.8) is 0 Å². The molecule has 0 radical (unpaired) electrons. The van der Waals surface area contributed by atoms with Gasteiger partial charge in [0.2, 0.25) is 0 Å². The van der Waals surface area contributed by atoms with Gasteiger partial charge in [-0.15, -0.1) is 0 Å². The molecule has 6 heteroatoms. The minimum atomic E-state index is -2.69. The van der Waals surface area contributed by atoms with Crippen LogP contribution in [0.5, 0.6) is 0 Å². The fourth-order valence-corrected chi connectivity index (χ4v) is 2.31. The number of carbonyl (C=O) groups is 1. The summed E-state index contributed by atoms with van der Waals surface area (Å²) in [6.07, 6.45) is -1.27. The molecule has 1 aromatic rings. The Balaban J connectivity index is 3.35. The summed E-state index contributed by atoms with van der Waals surface area (Å²) >= 11 is 6.20. The highest BCUT2D eigenvalue weighted by molar-refractivity contribution is 9.10. The summed E-state index contributed by atoms with van der Waals surface area (Å²) in [7, 11) is 0. The Morgan fingerprint density at radius 3 is 2.64 bits per heavy atom. The SMILES string of the molecule is O=Cc1c(C(F)F)cnc(CBr)c1Br. The Morgan fingerprint density at radius 1 is 1.57 bits per heavy atom. The van der Waals surface area contributed by atoms with Gasteiger partial charge in [-0.1, -0.05) is 15.9 Å². The third-order valence-corrected chi connectivity index (χ3v) is 3.06.